The number of hydrogen-bond acceptors (Lipinski definition) is 4. The summed E-state index contributed by atoms with van der Waals surface area (Å²) in [5, 5.41) is 15.8. The van der Waals surface area contributed by atoms with Gasteiger partial charge in [-0.3, -0.25) is 14.8 Å². The number of aliphatic carboxylic acids is 1. The third-order valence-electron chi connectivity index (χ3n) is 3.05. The second-order valence-corrected chi connectivity index (χ2v) is 5.87. The minimum absolute atomic E-state index is 0.107. The van der Waals surface area contributed by atoms with E-state index in [1.165, 1.54) is 11.1 Å². The van der Waals surface area contributed by atoms with Gasteiger partial charge in [0, 0.05) is 0 Å². The van der Waals surface area contributed by atoms with Crippen LogP contribution in [0.5, 0.6) is 0 Å². The van der Waals surface area contributed by atoms with Gasteiger partial charge in [0.1, 0.15) is 5.60 Å². The maximum Gasteiger partial charge on any atom is 0.415 e. The number of H-pyrrole nitrogens is 1. The van der Waals surface area contributed by atoms with Crippen LogP contribution >= 0.6 is 0 Å². The topological polar surface area (TPSA) is 95.5 Å². The molecule has 0 aliphatic carbocycles. The Morgan fingerprint density at radius 3 is 2.85 bits per heavy atom. The van der Waals surface area contributed by atoms with Crippen LogP contribution in [0.1, 0.15) is 39.3 Å². The molecule has 1 amide bonds. The molecule has 2 rings (SSSR count). The molecule has 0 saturated carbocycles. The van der Waals surface area contributed by atoms with Gasteiger partial charge in [0.2, 0.25) is 0 Å². The molecule has 0 aromatic carbocycles. The number of nitrogens with zero attached hydrogens (tertiary/aromatic N) is 2. The van der Waals surface area contributed by atoms with Gasteiger partial charge < -0.3 is 9.84 Å². The van der Waals surface area contributed by atoms with Crippen LogP contribution in [0.2, 0.25) is 0 Å². The summed E-state index contributed by atoms with van der Waals surface area (Å²) in [6.45, 7) is 5.33. The van der Waals surface area contributed by atoms with Gasteiger partial charge in [-0.1, -0.05) is 0 Å². The summed E-state index contributed by atoms with van der Waals surface area (Å²) in [5.41, 5.74) is 0.806. The number of nitrogens with one attached hydrogen (secondary N) is 1. The summed E-state index contributed by atoms with van der Waals surface area (Å²) in [6, 6.07) is -0.410. The number of fused-ring (bicyclic) bond motifs is 1. The van der Waals surface area contributed by atoms with E-state index in [4.69, 9.17) is 9.84 Å². The number of carbonyl (C=O) groups is 2. The lowest BCUT2D eigenvalue weighted by Gasteiger charge is -2.35. The highest BCUT2D eigenvalue weighted by Crippen LogP contribution is 2.31. The third kappa shape index (κ3) is 3.09. The van der Waals surface area contributed by atoms with Crippen molar-refractivity contribution in [2.45, 2.75) is 51.7 Å². The molecular formula is C13H19N3O4. The third-order valence-corrected chi connectivity index (χ3v) is 3.05. The number of anilines is 1. The lowest BCUT2D eigenvalue weighted by molar-refractivity contribution is -0.137. The first kappa shape index (κ1) is 14.4. The van der Waals surface area contributed by atoms with E-state index < -0.39 is 23.7 Å². The second-order valence-electron chi connectivity index (χ2n) is 5.87. The van der Waals surface area contributed by atoms with Gasteiger partial charge in [-0.15, -0.1) is 0 Å². The van der Waals surface area contributed by atoms with E-state index in [0.717, 1.165) is 5.69 Å². The van der Waals surface area contributed by atoms with E-state index >= 15 is 0 Å². The molecule has 0 saturated heterocycles. The molecule has 1 aromatic heterocycles. The number of carboxylic acid groups (broad SMARTS) is 1. The van der Waals surface area contributed by atoms with Gasteiger partial charge in [-0.05, 0) is 33.6 Å². The molecule has 0 spiro atoms. The SMILES string of the molecule is CC(C)(C)OC(=O)N1c2cn[nH]c2CCC1CC(=O)O. The molecule has 1 aliphatic rings. The molecule has 20 heavy (non-hydrogen) atoms. The summed E-state index contributed by atoms with van der Waals surface area (Å²) < 4.78 is 5.37. The molecule has 2 N–H and O–H groups in total. The van der Waals surface area contributed by atoms with Gasteiger partial charge in [-0.2, -0.15) is 5.10 Å². The van der Waals surface area contributed by atoms with Crippen LogP contribution in [-0.2, 0) is 16.0 Å². The largest absolute Gasteiger partial charge is 0.481 e. The van der Waals surface area contributed by atoms with Crippen molar-refractivity contribution in [3.63, 3.8) is 0 Å². The number of aromatic nitrogens is 2. The van der Waals surface area contributed by atoms with E-state index in [1.54, 1.807) is 20.8 Å². The monoisotopic (exact) mass is 281 g/mol. The molecule has 0 radical (unpaired) electrons. The van der Waals surface area contributed by atoms with Crippen LogP contribution in [-0.4, -0.2) is 39.0 Å². The number of amides is 1. The van der Waals surface area contributed by atoms with Crippen molar-refractivity contribution in [2.24, 2.45) is 0 Å². The fraction of sp³-hybridized carbons (Fsp3) is 0.615. The molecule has 110 valence electrons. The number of aromatic amines is 1. The second kappa shape index (κ2) is 5.15. The van der Waals surface area contributed by atoms with Gasteiger partial charge in [0.25, 0.3) is 0 Å². The lowest BCUT2D eigenvalue weighted by Crippen LogP contribution is -2.47. The van der Waals surface area contributed by atoms with E-state index in [1.807, 2.05) is 0 Å². The summed E-state index contributed by atoms with van der Waals surface area (Å²) in [7, 11) is 0. The molecule has 1 aromatic rings. The van der Waals surface area contributed by atoms with Crippen LogP contribution in [0.15, 0.2) is 6.20 Å². The molecule has 1 atom stereocenters. The Morgan fingerprint density at radius 1 is 1.55 bits per heavy atom. The average molecular weight is 281 g/mol. The van der Waals surface area contributed by atoms with Crippen LogP contribution in [0.4, 0.5) is 10.5 Å². The average Bonchev–Trinajstić information content (AvgIpc) is 2.72. The van der Waals surface area contributed by atoms with Crippen molar-refractivity contribution in [1.29, 1.82) is 0 Å². The van der Waals surface area contributed by atoms with Gasteiger partial charge in [0.05, 0.1) is 30.0 Å². The molecule has 0 fully saturated rings. The molecule has 7 heteroatoms. The number of rotatable bonds is 2. The summed E-state index contributed by atoms with van der Waals surface area (Å²) in [5.74, 6) is -0.935. The molecule has 2 heterocycles. The van der Waals surface area contributed by atoms with Crippen LogP contribution < -0.4 is 4.90 Å². The summed E-state index contributed by atoms with van der Waals surface area (Å²) in [4.78, 5) is 24.7. The predicted octanol–water partition coefficient (Wildman–Crippen LogP) is 1.94. The molecule has 1 unspecified atom stereocenters. The highest BCUT2D eigenvalue weighted by molar-refractivity contribution is 5.90. The van der Waals surface area contributed by atoms with Crippen LogP contribution in [0, 0.1) is 0 Å². The minimum Gasteiger partial charge on any atom is -0.481 e. The Labute approximate surface area is 116 Å². The Balaban J connectivity index is 2.28. The van der Waals surface area contributed by atoms with Crippen molar-refractivity contribution in [2.75, 3.05) is 4.90 Å². The van der Waals surface area contributed by atoms with Gasteiger partial charge in [0.15, 0.2) is 0 Å². The fourth-order valence-electron chi connectivity index (χ4n) is 2.29. The number of hydrogen-bond donors (Lipinski definition) is 2. The Hall–Kier alpha value is -2.05. The number of ether oxygens (including phenoxy) is 1. The van der Waals surface area contributed by atoms with E-state index in [-0.39, 0.29) is 6.42 Å². The summed E-state index contributed by atoms with van der Waals surface area (Å²) in [6.07, 6.45) is 2.14. The van der Waals surface area contributed by atoms with Crippen molar-refractivity contribution >= 4 is 17.7 Å². The normalized spacial score (nSPS) is 18.6. The highest BCUT2D eigenvalue weighted by atomic mass is 16.6. The fourth-order valence-corrected chi connectivity index (χ4v) is 2.29. The standard InChI is InChI=1S/C13H19N3O4/c1-13(2,3)20-12(19)16-8(6-11(17)18)4-5-9-10(16)7-14-15-9/h7-8H,4-6H2,1-3H3,(H,14,15)(H,17,18). The zero-order chi connectivity index (χ0) is 14.9. The first-order valence-electron chi connectivity index (χ1n) is 6.54. The van der Waals surface area contributed by atoms with Gasteiger partial charge in [-0.25, -0.2) is 4.79 Å². The molecular weight excluding hydrogens is 262 g/mol. The quantitative estimate of drug-likeness (QED) is 0.863. The van der Waals surface area contributed by atoms with Crippen molar-refractivity contribution < 1.29 is 19.4 Å². The minimum atomic E-state index is -0.935. The Morgan fingerprint density at radius 2 is 2.25 bits per heavy atom. The van der Waals surface area contributed by atoms with E-state index in [2.05, 4.69) is 10.2 Å². The molecule has 7 nitrogen and oxygen atoms in total. The molecule has 0 bridgehead atoms. The van der Waals surface area contributed by atoms with Crippen LogP contribution in [0.3, 0.4) is 0 Å². The zero-order valence-corrected chi connectivity index (χ0v) is 11.8. The van der Waals surface area contributed by atoms with Crippen molar-refractivity contribution in [3.8, 4) is 0 Å². The highest BCUT2D eigenvalue weighted by Gasteiger charge is 2.36. The van der Waals surface area contributed by atoms with Crippen molar-refractivity contribution in [1.82, 2.24) is 10.2 Å². The number of carboxylic acids is 1. The van der Waals surface area contributed by atoms with Gasteiger partial charge >= 0.3 is 12.1 Å². The Kier molecular flexibility index (Phi) is 3.69. The zero-order valence-electron chi connectivity index (χ0n) is 11.8. The lowest BCUT2D eigenvalue weighted by atomic mass is 9.99. The number of carbonyl (C=O) groups excluding carboxylic acids is 1. The van der Waals surface area contributed by atoms with E-state index in [0.29, 0.717) is 18.5 Å². The van der Waals surface area contributed by atoms with Crippen LogP contribution in [0.25, 0.3) is 0 Å². The maximum absolute atomic E-state index is 12.3. The van der Waals surface area contributed by atoms with E-state index in [9.17, 15) is 9.59 Å². The summed E-state index contributed by atoms with van der Waals surface area (Å²) >= 11 is 0. The Bertz CT molecular complexity index is 518. The smallest absolute Gasteiger partial charge is 0.415 e. The first-order chi connectivity index (χ1) is 9.28. The molecule has 1 aliphatic heterocycles. The predicted molar refractivity (Wildman–Crippen MR) is 71.7 cm³/mol. The maximum atomic E-state index is 12.3. The first-order valence-corrected chi connectivity index (χ1v) is 6.54. The van der Waals surface area contributed by atoms with Crippen molar-refractivity contribution in [3.05, 3.63) is 11.9 Å². The number of aryl methyl sites for hydroxylation is 1.